The summed E-state index contributed by atoms with van der Waals surface area (Å²) in [6.07, 6.45) is -0.606. The van der Waals surface area contributed by atoms with Gasteiger partial charge in [-0.05, 0) is 29.7 Å². The molecule has 0 aliphatic heterocycles. The molecule has 0 saturated heterocycles. The van der Waals surface area contributed by atoms with Crippen molar-refractivity contribution in [2.75, 3.05) is 20.7 Å². The number of methoxy groups -OCH3 is 1. The fourth-order valence-corrected chi connectivity index (χ4v) is 3.94. The molecule has 7 heteroatoms. The predicted octanol–water partition coefficient (Wildman–Crippen LogP) is 3.96. The molecule has 1 unspecified atom stereocenters. The number of aliphatic imine (C=N–C) groups is 1. The number of hydrogen-bond donors (Lipinski definition) is 3. The highest BCUT2D eigenvalue weighted by molar-refractivity contribution is 7.19. The van der Waals surface area contributed by atoms with Gasteiger partial charge in [0.2, 0.25) is 0 Å². The number of aliphatic hydroxyl groups excluding tert-OH is 1. The van der Waals surface area contributed by atoms with E-state index in [0.717, 1.165) is 21.6 Å². The van der Waals surface area contributed by atoms with Crippen LogP contribution in [-0.4, -0.2) is 31.8 Å². The first-order chi connectivity index (χ1) is 13.1. The summed E-state index contributed by atoms with van der Waals surface area (Å²) in [5.74, 6) is 1.32. The number of benzene rings is 2. The van der Waals surface area contributed by atoms with Crippen LogP contribution in [0.3, 0.4) is 0 Å². The van der Waals surface area contributed by atoms with Crippen LogP contribution in [0.1, 0.15) is 16.5 Å². The van der Waals surface area contributed by atoms with Gasteiger partial charge in [0, 0.05) is 40.3 Å². The first kappa shape index (κ1) is 19.5. The zero-order valence-electron chi connectivity index (χ0n) is 15.2. The number of aliphatic hydroxyl groups is 1. The lowest BCUT2D eigenvalue weighted by molar-refractivity contribution is 0.184. The second kappa shape index (κ2) is 9.08. The van der Waals surface area contributed by atoms with Crippen molar-refractivity contribution in [3.05, 3.63) is 64.0 Å². The van der Waals surface area contributed by atoms with Crippen LogP contribution >= 0.6 is 22.9 Å². The van der Waals surface area contributed by atoms with E-state index in [0.29, 0.717) is 24.1 Å². The van der Waals surface area contributed by atoms with E-state index < -0.39 is 6.10 Å². The Hall–Kier alpha value is -2.28. The fraction of sp³-hybridized carbons (Fsp3) is 0.250. The molecule has 3 N–H and O–H groups in total. The monoisotopic (exact) mass is 403 g/mol. The van der Waals surface area contributed by atoms with Gasteiger partial charge in [0.15, 0.2) is 5.96 Å². The predicted molar refractivity (Wildman–Crippen MR) is 113 cm³/mol. The van der Waals surface area contributed by atoms with Gasteiger partial charge < -0.3 is 20.5 Å². The summed E-state index contributed by atoms with van der Waals surface area (Å²) in [4.78, 5) is 5.13. The quantitative estimate of drug-likeness (QED) is 0.430. The number of halogens is 1. The van der Waals surface area contributed by atoms with Crippen LogP contribution in [0.25, 0.3) is 10.1 Å². The van der Waals surface area contributed by atoms with Crippen molar-refractivity contribution >= 4 is 39.0 Å². The van der Waals surface area contributed by atoms with Crippen molar-refractivity contribution in [3.63, 3.8) is 0 Å². The minimum atomic E-state index is -0.606. The summed E-state index contributed by atoms with van der Waals surface area (Å²) in [6.45, 7) is 0.892. The van der Waals surface area contributed by atoms with Gasteiger partial charge in [0.05, 0.1) is 7.11 Å². The molecule has 0 bridgehead atoms. The average molecular weight is 404 g/mol. The number of hydrogen-bond acceptors (Lipinski definition) is 4. The van der Waals surface area contributed by atoms with Crippen molar-refractivity contribution in [2.24, 2.45) is 4.99 Å². The highest BCUT2D eigenvalue weighted by atomic mass is 35.5. The Bertz CT molecular complexity index is 909. The molecule has 0 saturated carbocycles. The molecule has 2 aromatic carbocycles. The Labute approximate surface area is 167 Å². The molecule has 0 fully saturated rings. The summed E-state index contributed by atoms with van der Waals surface area (Å²) in [7, 11) is 3.31. The molecule has 1 aromatic heterocycles. The van der Waals surface area contributed by atoms with Crippen molar-refractivity contribution in [1.29, 1.82) is 0 Å². The van der Waals surface area contributed by atoms with Gasteiger partial charge in [-0.25, -0.2) is 0 Å². The topological polar surface area (TPSA) is 65.9 Å². The number of thiophene rings is 1. The molecular weight excluding hydrogens is 382 g/mol. The number of rotatable bonds is 6. The minimum absolute atomic E-state index is 0.365. The van der Waals surface area contributed by atoms with Gasteiger partial charge in [-0.15, -0.1) is 11.3 Å². The number of nitrogens with zero attached hydrogens (tertiary/aromatic N) is 1. The third-order valence-corrected chi connectivity index (χ3v) is 5.61. The summed E-state index contributed by atoms with van der Waals surface area (Å²) >= 11 is 7.60. The summed E-state index contributed by atoms with van der Waals surface area (Å²) in [5, 5.41) is 18.7. The van der Waals surface area contributed by atoms with E-state index in [1.807, 2.05) is 30.3 Å². The number of fused-ring (bicyclic) bond motifs is 1. The number of guanidine groups is 1. The van der Waals surface area contributed by atoms with Crippen molar-refractivity contribution in [3.8, 4) is 5.75 Å². The van der Waals surface area contributed by atoms with E-state index in [9.17, 15) is 5.11 Å². The van der Waals surface area contributed by atoms with Crippen LogP contribution in [-0.2, 0) is 6.54 Å². The second-order valence-corrected chi connectivity index (χ2v) is 7.52. The van der Waals surface area contributed by atoms with E-state index in [4.69, 9.17) is 16.3 Å². The van der Waals surface area contributed by atoms with Gasteiger partial charge in [0.25, 0.3) is 0 Å². The molecule has 5 nitrogen and oxygen atoms in total. The maximum atomic E-state index is 10.5. The van der Waals surface area contributed by atoms with Gasteiger partial charge in [-0.2, -0.15) is 0 Å². The third-order valence-electron chi connectivity index (χ3n) is 4.15. The molecule has 0 spiro atoms. The number of nitrogens with one attached hydrogen (secondary N) is 2. The van der Waals surface area contributed by atoms with E-state index in [1.54, 1.807) is 31.6 Å². The number of ether oxygens (including phenoxy) is 1. The molecular formula is C20H22ClN3O2S. The van der Waals surface area contributed by atoms with Gasteiger partial charge in [-0.1, -0.05) is 35.9 Å². The third kappa shape index (κ3) is 4.91. The van der Waals surface area contributed by atoms with Crippen LogP contribution < -0.4 is 15.4 Å². The van der Waals surface area contributed by atoms with Crippen LogP contribution in [0.2, 0.25) is 5.02 Å². The smallest absolute Gasteiger partial charge is 0.191 e. The Morgan fingerprint density at radius 1 is 1.22 bits per heavy atom. The summed E-state index contributed by atoms with van der Waals surface area (Å²) in [5.41, 5.74) is 0.968. The lowest BCUT2D eigenvalue weighted by Gasteiger charge is -2.16. The van der Waals surface area contributed by atoms with Crippen molar-refractivity contribution < 1.29 is 9.84 Å². The van der Waals surface area contributed by atoms with Crippen molar-refractivity contribution in [2.45, 2.75) is 12.6 Å². The fourth-order valence-electron chi connectivity index (χ4n) is 2.72. The molecule has 0 amide bonds. The molecule has 0 aliphatic rings. The summed E-state index contributed by atoms with van der Waals surface area (Å²) < 4.78 is 6.52. The van der Waals surface area contributed by atoms with Crippen LogP contribution in [0.4, 0.5) is 0 Å². The average Bonchev–Trinajstić information content (AvgIpc) is 3.13. The first-order valence-corrected chi connectivity index (χ1v) is 9.73. The standard InChI is InChI=1S/C20H22ClN3O2S/c1-22-20(23-11-14-7-8-15(21)10-17(14)26-2)24-12-16(25)19-9-13-5-3-4-6-18(13)27-19/h3-10,16,25H,11-12H2,1-2H3,(H2,22,23,24). The summed E-state index contributed by atoms with van der Waals surface area (Å²) in [6, 6.07) is 15.7. The van der Waals surface area contributed by atoms with E-state index in [1.165, 1.54) is 4.70 Å². The Morgan fingerprint density at radius 3 is 2.78 bits per heavy atom. The van der Waals surface area contributed by atoms with Crippen LogP contribution in [0.15, 0.2) is 53.5 Å². The van der Waals surface area contributed by atoms with Crippen LogP contribution in [0.5, 0.6) is 5.75 Å². The maximum absolute atomic E-state index is 10.5. The Kier molecular flexibility index (Phi) is 6.55. The molecule has 0 aliphatic carbocycles. The Morgan fingerprint density at radius 2 is 2.04 bits per heavy atom. The molecule has 27 heavy (non-hydrogen) atoms. The normalized spacial score (nSPS) is 12.8. The lowest BCUT2D eigenvalue weighted by atomic mass is 10.2. The van der Waals surface area contributed by atoms with E-state index >= 15 is 0 Å². The molecule has 1 heterocycles. The Balaban J connectivity index is 1.57. The maximum Gasteiger partial charge on any atom is 0.191 e. The molecule has 0 radical (unpaired) electrons. The highest BCUT2D eigenvalue weighted by Crippen LogP contribution is 2.29. The zero-order valence-corrected chi connectivity index (χ0v) is 16.8. The molecule has 3 aromatic rings. The highest BCUT2D eigenvalue weighted by Gasteiger charge is 2.12. The first-order valence-electron chi connectivity index (χ1n) is 8.54. The van der Waals surface area contributed by atoms with Crippen molar-refractivity contribution in [1.82, 2.24) is 10.6 Å². The SMILES string of the molecule is CN=C(NCc1ccc(Cl)cc1OC)NCC(O)c1cc2ccccc2s1. The molecule has 142 valence electrons. The zero-order chi connectivity index (χ0) is 19.2. The second-order valence-electron chi connectivity index (χ2n) is 5.97. The van der Waals surface area contributed by atoms with Gasteiger partial charge in [0.1, 0.15) is 11.9 Å². The van der Waals surface area contributed by atoms with Gasteiger partial charge in [-0.3, -0.25) is 4.99 Å². The minimum Gasteiger partial charge on any atom is -0.496 e. The van der Waals surface area contributed by atoms with E-state index in [2.05, 4.69) is 27.8 Å². The molecule has 3 rings (SSSR count). The van der Waals surface area contributed by atoms with Crippen LogP contribution in [0, 0.1) is 0 Å². The largest absolute Gasteiger partial charge is 0.496 e. The van der Waals surface area contributed by atoms with Gasteiger partial charge >= 0.3 is 0 Å². The molecule has 1 atom stereocenters. The van der Waals surface area contributed by atoms with E-state index in [-0.39, 0.29) is 0 Å². The lowest BCUT2D eigenvalue weighted by Crippen LogP contribution is -2.38.